The first-order valence-electron chi connectivity index (χ1n) is 6.61. The van der Waals surface area contributed by atoms with Crippen molar-refractivity contribution < 1.29 is 0 Å². The van der Waals surface area contributed by atoms with E-state index in [0.29, 0.717) is 0 Å². The fourth-order valence-electron chi connectivity index (χ4n) is 1.91. The normalized spacial score (nSPS) is 11.7. The molecule has 1 heterocycles. The zero-order chi connectivity index (χ0) is 13.6. The molecule has 102 valence electrons. The minimum atomic E-state index is 0.228. The lowest BCUT2D eigenvalue weighted by Crippen LogP contribution is -2.33. The highest BCUT2D eigenvalue weighted by molar-refractivity contribution is 7.99. The number of benzene rings is 1. The van der Waals surface area contributed by atoms with E-state index in [1.54, 1.807) is 0 Å². The summed E-state index contributed by atoms with van der Waals surface area (Å²) in [4.78, 5) is 2.80. The summed E-state index contributed by atoms with van der Waals surface area (Å²) in [6.45, 7) is 6.68. The van der Waals surface area contributed by atoms with Crippen LogP contribution in [0.2, 0.25) is 0 Å². The van der Waals surface area contributed by atoms with Gasteiger partial charge in [-0.05, 0) is 23.6 Å². The van der Waals surface area contributed by atoms with Gasteiger partial charge in [0, 0.05) is 34.0 Å². The largest absolute Gasteiger partial charge is 0.315 e. The maximum Gasteiger partial charge on any atom is 0.0115 e. The molecule has 0 aliphatic rings. The molecule has 0 bridgehead atoms. The first-order chi connectivity index (χ1) is 9.18. The summed E-state index contributed by atoms with van der Waals surface area (Å²) in [5, 5.41) is 5.73. The molecule has 0 spiro atoms. The molecule has 0 atom stereocenters. The fourth-order valence-corrected chi connectivity index (χ4v) is 3.59. The van der Waals surface area contributed by atoms with Crippen LogP contribution in [0.25, 0.3) is 0 Å². The molecule has 0 saturated carbocycles. The van der Waals surface area contributed by atoms with Gasteiger partial charge in [0.1, 0.15) is 0 Å². The van der Waals surface area contributed by atoms with Crippen molar-refractivity contribution in [2.45, 2.75) is 24.2 Å². The topological polar surface area (TPSA) is 12.0 Å². The molecule has 1 nitrogen and oxygen atoms in total. The molecule has 0 amide bonds. The molecule has 1 aromatic carbocycles. The lowest BCUT2D eigenvalue weighted by Gasteiger charge is -2.23. The van der Waals surface area contributed by atoms with Gasteiger partial charge in [-0.15, -0.1) is 23.1 Å². The molecule has 0 unspecified atom stereocenters. The van der Waals surface area contributed by atoms with Crippen LogP contribution in [0.15, 0.2) is 52.7 Å². The Kier molecular flexibility index (Phi) is 5.49. The van der Waals surface area contributed by atoms with Crippen LogP contribution in [-0.2, 0) is 5.41 Å². The summed E-state index contributed by atoms with van der Waals surface area (Å²) >= 11 is 3.75. The van der Waals surface area contributed by atoms with E-state index in [9.17, 15) is 0 Å². The minimum absolute atomic E-state index is 0.228. The molecule has 0 radical (unpaired) electrons. The highest BCUT2D eigenvalue weighted by Gasteiger charge is 2.20. The first-order valence-corrected chi connectivity index (χ1v) is 8.47. The summed E-state index contributed by atoms with van der Waals surface area (Å²) in [6.07, 6.45) is 0. The molecule has 19 heavy (non-hydrogen) atoms. The molecule has 1 N–H and O–H groups in total. The lowest BCUT2D eigenvalue weighted by molar-refractivity contribution is 0.487. The van der Waals surface area contributed by atoms with Gasteiger partial charge in [0.2, 0.25) is 0 Å². The van der Waals surface area contributed by atoms with Gasteiger partial charge >= 0.3 is 0 Å². The van der Waals surface area contributed by atoms with E-state index in [1.165, 1.54) is 9.77 Å². The minimum Gasteiger partial charge on any atom is -0.315 e. The van der Waals surface area contributed by atoms with Crippen molar-refractivity contribution >= 4 is 23.1 Å². The van der Waals surface area contributed by atoms with Gasteiger partial charge in [0.05, 0.1) is 0 Å². The average molecular weight is 291 g/mol. The van der Waals surface area contributed by atoms with Crippen LogP contribution in [0.1, 0.15) is 18.7 Å². The van der Waals surface area contributed by atoms with Gasteiger partial charge in [-0.3, -0.25) is 0 Å². The Bertz CT molecular complexity index is 463. The maximum atomic E-state index is 3.57. The van der Waals surface area contributed by atoms with Crippen molar-refractivity contribution in [2.75, 3.05) is 18.8 Å². The van der Waals surface area contributed by atoms with Gasteiger partial charge < -0.3 is 5.32 Å². The van der Waals surface area contributed by atoms with E-state index < -0.39 is 0 Å². The average Bonchev–Trinajstić information content (AvgIpc) is 2.94. The molecule has 3 heteroatoms. The van der Waals surface area contributed by atoms with E-state index >= 15 is 0 Å². The van der Waals surface area contributed by atoms with E-state index in [4.69, 9.17) is 0 Å². The summed E-state index contributed by atoms with van der Waals surface area (Å²) in [6, 6.07) is 14.9. The fraction of sp³-hybridized carbons (Fsp3) is 0.375. The molecule has 0 aliphatic heterocycles. The Morgan fingerprint density at radius 3 is 2.58 bits per heavy atom. The van der Waals surface area contributed by atoms with Crippen LogP contribution in [-0.4, -0.2) is 18.8 Å². The third-order valence-corrected chi connectivity index (χ3v) is 5.30. The summed E-state index contributed by atoms with van der Waals surface area (Å²) in [5.74, 6) is 1.12. The van der Waals surface area contributed by atoms with Crippen LogP contribution >= 0.6 is 23.1 Å². The van der Waals surface area contributed by atoms with Gasteiger partial charge in [-0.1, -0.05) is 38.1 Å². The lowest BCUT2D eigenvalue weighted by atomic mass is 9.91. The smallest absolute Gasteiger partial charge is 0.0115 e. The Balaban J connectivity index is 1.67. The predicted octanol–water partition coefficient (Wildman–Crippen LogP) is 4.41. The Hall–Kier alpha value is -0.770. The van der Waals surface area contributed by atoms with Gasteiger partial charge in [-0.25, -0.2) is 0 Å². The van der Waals surface area contributed by atoms with Crippen molar-refractivity contribution in [3.8, 4) is 0 Å². The van der Waals surface area contributed by atoms with Gasteiger partial charge in [-0.2, -0.15) is 0 Å². The molecule has 1 aromatic heterocycles. The molecular weight excluding hydrogens is 270 g/mol. The highest BCUT2D eigenvalue weighted by atomic mass is 32.2. The summed E-state index contributed by atoms with van der Waals surface area (Å²) < 4.78 is 0. The number of thiophene rings is 1. The molecule has 0 saturated heterocycles. The zero-order valence-electron chi connectivity index (χ0n) is 11.6. The summed E-state index contributed by atoms with van der Waals surface area (Å²) in [7, 11) is 0. The second-order valence-corrected chi connectivity index (χ2v) is 7.32. The SMILES string of the molecule is CC(C)(CNCCSc1ccccc1)c1cccs1. The van der Waals surface area contributed by atoms with E-state index in [2.05, 4.69) is 67.0 Å². The van der Waals surface area contributed by atoms with Crippen molar-refractivity contribution in [1.82, 2.24) is 5.32 Å². The van der Waals surface area contributed by atoms with Crippen molar-refractivity contribution in [2.24, 2.45) is 0 Å². The second kappa shape index (κ2) is 7.13. The quantitative estimate of drug-likeness (QED) is 0.599. The molecule has 0 fully saturated rings. The van der Waals surface area contributed by atoms with Crippen molar-refractivity contribution in [1.29, 1.82) is 0 Å². The van der Waals surface area contributed by atoms with Crippen LogP contribution in [0.4, 0.5) is 0 Å². The van der Waals surface area contributed by atoms with E-state index in [1.807, 2.05) is 23.1 Å². The van der Waals surface area contributed by atoms with Crippen molar-refractivity contribution in [3.05, 3.63) is 52.7 Å². The Morgan fingerprint density at radius 1 is 1.11 bits per heavy atom. The van der Waals surface area contributed by atoms with Gasteiger partial charge in [0.15, 0.2) is 0 Å². The third kappa shape index (κ3) is 4.68. The maximum absolute atomic E-state index is 3.57. The molecule has 2 rings (SSSR count). The molecule has 0 aliphatic carbocycles. The Morgan fingerprint density at radius 2 is 1.89 bits per heavy atom. The highest BCUT2D eigenvalue weighted by Crippen LogP contribution is 2.26. The number of hydrogen-bond acceptors (Lipinski definition) is 3. The Labute approximate surface area is 124 Å². The van der Waals surface area contributed by atoms with Gasteiger partial charge in [0.25, 0.3) is 0 Å². The van der Waals surface area contributed by atoms with Crippen LogP contribution in [0.3, 0.4) is 0 Å². The van der Waals surface area contributed by atoms with E-state index in [-0.39, 0.29) is 5.41 Å². The number of hydrogen-bond donors (Lipinski definition) is 1. The summed E-state index contributed by atoms with van der Waals surface area (Å²) in [5.41, 5.74) is 0.228. The number of nitrogens with one attached hydrogen (secondary N) is 1. The second-order valence-electron chi connectivity index (χ2n) is 5.20. The van der Waals surface area contributed by atoms with Crippen molar-refractivity contribution in [3.63, 3.8) is 0 Å². The zero-order valence-corrected chi connectivity index (χ0v) is 13.2. The molecular formula is C16H21NS2. The number of thioether (sulfide) groups is 1. The standard InChI is InChI=1S/C16H21NS2/c1-16(2,15-9-6-11-19-15)13-17-10-12-18-14-7-4-3-5-8-14/h3-9,11,17H,10,12-13H2,1-2H3. The van der Waals surface area contributed by atoms with E-state index in [0.717, 1.165) is 18.8 Å². The third-order valence-electron chi connectivity index (χ3n) is 3.05. The first kappa shape index (κ1) is 14.6. The monoisotopic (exact) mass is 291 g/mol. The number of rotatable bonds is 7. The molecule has 2 aromatic rings. The van der Waals surface area contributed by atoms with Crippen LogP contribution in [0, 0.1) is 0 Å². The van der Waals surface area contributed by atoms with Crippen LogP contribution in [0.5, 0.6) is 0 Å². The van der Waals surface area contributed by atoms with Crippen LogP contribution < -0.4 is 5.32 Å². The predicted molar refractivity (Wildman–Crippen MR) is 87.4 cm³/mol.